The number of rotatable bonds is 9. The summed E-state index contributed by atoms with van der Waals surface area (Å²) in [5.41, 5.74) is 5.75. The highest BCUT2D eigenvalue weighted by Crippen LogP contribution is 2.29. The first-order valence-electron chi connectivity index (χ1n) is 10.7. The predicted octanol–water partition coefficient (Wildman–Crippen LogP) is 1.97. The van der Waals surface area contributed by atoms with Gasteiger partial charge in [0.1, 0.15) is 17.9 Å². The van der Waals surface area contributed by atoms with E-state index in [2.05, 4.69) is 10.6 Å². The Hall–Kier alpha value is -3.92. The molecule has 0 radical (unpaired) electrons. The van der Waals surface area contributed by atoms with E-state index in [-0.39, 0.29) is 31.3 Å². The van der Waals surface area contributed by atoms with Crippen molar-refractivity contribution in [3.63, 3.8) is 0 Å². The number of amides is 4. The van der Waals surface area contributed by atoms with E-state index in [4.69, 9.17) is 15.9 Å². The largest absolute Gasteiger partial charge is 0.466 e. The molecule has 1 heterocycles. The van der Waals surface area contributed by atoms with Crippen molar-refractivity contribution in [1.29, 1.82) is 5.41 Å². The maximum atomic E-state index is 13.1. The fourth-order valence-electron chi connectivity index (χ4n) is 3.73. The number of nitrogens with two attached hydrogens (primary N) is 1. The summed E-state index contributed by atoms with van der Waals surface area (Å²) in [7, 11) is 0. The summed E-state index contributed by atoms with van der Waals surface area (Å²) in [4.78, 5) is 51.4. The molecular weight excluding hydrogens is 474 g/mol. The third kappa shape index (κ3) is 6.15. The number of nitrogens with one attached hydrogen (secondary N) is 3. The number of hydrogen-bond acceptors (Lipinski definition) is 6. The molecule has 3 rings (SSSR count). The molecule has 35 heavy (non-hydrogen) atoms. The highest BCUT2D eigenvalue weighted by molar-refractivity contribution is 6.09. The number of carbonyl (C=O) groups is 4. The van der Waals surface area contributed by atoms with Gasteiger partial charge in [0, 0.05) is 5.56 Å². The molecule has 0 saturated carbocycles. The van der Waals surface area contributed by atoms with Gasteiger partial charge in [-0.3, -0.25) is 24.7 Å². The van der Waals surface area contributed by atoms with E-state index in [1.54, 1.807) is 62.4 Å². The first-order chi connectivity index (χ1) is 16.2. The van der Waals surface area contributed by atoms with Crippen LogP contribution in [0.2, 0.25) is 0 Å². The highest BCUT2D eigenvalue weighted by Gasteiger charge is 2.49. The van der Waals surface area contributed by atoms with Crippen LogP contribution in [0.4, 0.5) is 4.79 Å². The Balaban J connectivity index is 0.00000432. The minimum atomic E-state index is -1.38. The lowest BCUT2D eigenvalue weighted by atomic mass is 9.91. The van der Waals surface area contributed by atoms with Gasteiger partial charge in [-0.1, -0.05) is 54.6 Å². The quantitative estimate of drug-likeness (QED) is 0.178. The molecule has 10 nitrogen and oxygen atoms in total. The monoisotopic (exact) mass is 501 g/mol. The Morgan fingerprint density at radius 1 is 1.14 bits per heavy atom. The average molecular weight is 502 g/mol. The van der Waals surface area contributed by atoms with Crippen LogP contribution in [0.1, 0.15) is 43.0 Å². The van der Waals surface area contributed by atoms with E-state index in [0.29, 0.717) is 16.7 Å². The molecule has 2 atom stereocenters. The molecule has 186 valence electrons. The van der Waals surface area contributed by atoms with Crippen LogP contribution in [-0.4, -0.2) is 47.7 Å². The number of urea groups is 1. The van der Waals surface area contributed by atoms with Crippen LogP contribution in [0.5, 0.6) is 0 Å². The van der Waals surface area contributed by atoms with E-state index >= 15 is 0 Å². The molecule has 5 N–H and O–H groups in total. The standard InChI is InChI=1S/C24H27N5O5.ClH/c1-3-34-20(31)13-18(15-7-5-4-6-8-15)27-19(30)14-29-22(32)24(2,28-23(29)33)17-11-9-16(10-12-17)21(25)26;/h4-12,18H,3,13-14H2,1-2H3,(H3,25,26)(H,27,30)(H,28,33);1H/t18-,24-;/m0./s1. The van der Waals surface area contributed by atoms with Gasteiger partial charge in [0.2, 0.25) is 5.91 Å². The third-order valence-corrected chi connectivity index (χ3v) is 5.56. The van der Waals surface area contributed by atoms with E-state index in [0.717, 1.165) is 4.90 Å². The van der Waals surface area contributed by atoms with Crippen LogP contribution in [0, 0.1) is 5.41 Å². The molecule has 1 saturated heterocycles. The molecule has 1 fully saturated rings. The van der Waals surface area contributed by atoms with Gasteiger partial charge in [0.15, 0.2) is 0 Å². The minimum absolute atomic E-state index is 0. The molecular formula is C24H28ClN5O5. The van der Waals surface area contributed by atoms with E-state index in [1.165, 1.54) is 0 Å². The summed E-state index contributed by atoms with van der Waals surface area (Å²) < 4.78 is 5.00. The normalized spacial score (nSPS) is 17.7. The third-order valence-electron chi connectivity index (χ3n) is 5.56. The van der Waals surface area contributed by atoms with Crippen LogP contribution in [0.3, 0.4) is 0 Å². The zero-order valence-electron chi connectivity index (χ0n) is 19.4. The Morgan fingerprint density at radius 2 is 1.77 bits per heavy atom. The van der Waals surface area contributed by atoms with Crippen molar-refractivity contribution >= 4 is 42.1 Å². The lowest BCUT2D eigenvalue weighted by Gasteiger charge is -2.23. The summed E-state index contributed by atoms with van der Waals surface area (Å²) >= 11 is 0. The molecule has 0 bridgehead atoms. The number of esters is 1. The molecule has 1 aliphatic heterocycles. The highest BCUT2D eigenvalue weighted by atomic mass is 35.5. The zero-order valence-corrected chi connectivity index (χ0v) is 20.2. The van der Waals surface area contributed by atoms with E-state index < -0.39 is 41.9 Å². The molecule has 4 amide bonds. The van der Waals surface area contributed by atoms with Gasteiger partial charge < -0.3 is 21.1 Å². The SMILES string of the molecule is CCOC(=O)C[C@H](NC(=O)CN1C(=O)N[C@@](C)(c2ccc(C(=N)N)cc2)C1=O)c1ccccc1.Cl. The number of imide groups is 1. The first kappa shape index (κ1) is 27.3. The smallest absolute Gasteiger partial charge is 0.325 e. The average Bonchev–Trinajstić information content (AvgIpc) is 3.03. The number of ether oxygens (including phenoxy) is 1. The fourth-order valence-corrected chi connectivity index (χ4v) is 3.73. The summed E-state index contributed by atoms with van der Waals surface area (Å²) in [5, 5.41) is 12.8. The molecule has 11 heteroatoms. The van der Waals surface area contributed by atoms with Gasteiger partial charge in [0.25, 0.3) is 5.91 Å². The van der Waals surface area contributed by atoms with Crippen molar-refractivity contribution in [3.05, 3.63) is 71.3 Å². The molecule has 2 aromatic carbocycles. The minimum Gasteiger partial charge on any atom is -0.466 e. The van der Waals surface area contributed by atoms with Crippen molar-refractivity contribution in [2.75, 3.05) is 13.2 Å². The molecule has 2 aromatic rings. The molecule has 1 aliphatic rings. The zero-order chi connectivity index (χ0) is 24.9. The summed E-state index contributed by atoms with van der Waals surface area (Å²) in [5.74, 6) is -1.79. The van der Waals surface area contributed by atoms with Crippen molar-refractivity contribution in [3.8, 4) is 0 Å². The Bertz CT molecular complexity index is 1110. The lowest BCUT2D eigenvalue weighted by molar-refractivity contribution is -0.144. The number of carbonyl (C=O) groups excluding carboxylic acids is 4. The fraction of sp³-hybridized carbons (Fsp3) is 0.292. The van der Waals surface area contributed by atoms with E-state index in [1.807, 2.05) is 6.07 Å². The topological polar surface area (TPSA) is 155 Å². The van der Waals surface area contributed by atoms with Crippen molar-refractivity contribution < 1.29 is 23.9 Å². The lowest BCUT2D eigenvalue weighted by Crippen LogP contribution is -2.44. The van der Waals surface area contributed by atoms with Crippen molar-refractivity contribution in [1.82, 2.24) is 15.5 Å². The van der Waals surface area contributed by atoms with Gasteiger partial charge in [-0.15, -0.1) is 12.4 Å². The van der Waals surface area contributed by atoms with Gasteiger partial charge >= 0.3 is 12.0 Å². The molecule has 0 spiro atoms. The number of nitrogen functional groups attached to an aromatic ring is 1. The number of nitrogens with zero attached hydrogens (tertiary/aromatic N) is 1. The first-order valence-corrected chi connectivity index (χ1v) is 10.7. The van der Waals surface area contributed by atoms with Gasteiger partial charge in [0.05, 0.1) is 19.1 Å². The van der Waals surface area contributed by atoms with Crippen LogP contribution in [-0.2, 0) is 24.7 Å². The summed E-state index contributed by atoms with van der Waals surface area (Å²) in [6.45, 7) is 2.93. The van der Waals surface area contributed by atoms with Crippen LogP contribution in [0.15, 0.2) is 54.6 Å². The van der Waals surface area contributed by atoms with Gasteiger partial charge in [-0.25, -0.2) is 4.79 Å². The second-order valence-corrected chi connectivity index (χ2v) is 7.98. The van der Waals surface area contributed by atoms with Crippen LogP contribution < -0.4 is 16.4 Å². The maximum absolute atomic E-state index is 13.1. The van der Waals surface area contributed by atoms with Gasteiger partial charge in [-0.2, -0.15) is 0 Å². The number of halogens is 1. The Labute approximate surface area is 209 Å². The Kier molecular flexibility index (Phi) is 8.96. The molecule has 0 aromatic heterocycles. The van der Waals surface area contributed by atoms with Crippen LogP contribution in [0.25, 0.3) is 0 Å². The van der Waals surface area contributed by atoms with Gasteiger partial charge in [-0.05, 0) is 25.0 Å². The number of benzene rings is 2. The summed E-state index contributed by atoms with van der Waals surface area (Å²) in [6, 6.07) is 13.9. The second-order valence-electron chi connectivity index (χ2n) is 7.98. The number of hydrogen-bond donors (Lipinski definition) is 4. The summed E-state index contributed by atoms with van der Waals surface area (Å²) in [6.07, 6.45) is -0.0933. The van der Waals surface area contributed by atoms with Crippen molar-refractivity contribution in [2.45, 2.75) is 31.8 Å². The molecule has 0 aliphatic carbocycles. The predicted molar refractivity (Wildman–Crippen MR) is 131 cm³/mol. The number of amidine groups is 1. The second kappa shape index (κ2) is 11.5. The van der Waals surface area contributed by atoms with Crippen LogP contribution >= 0.6 is 12.4 Å². The van der Waals surface area contributed by atoms with E-state index in [9.17, 15) is 19.2 Å². The van der Waals surface area contributed by atoms with Crippen molar-refractivity contribution in [2.24, 2.45) is 5.73 Å². The Morgan fingerprint density at radius 3 is 2.34 bits per heavy atom. The molecule has 0 unspecified atom stereocenters. The maximum Gasteiger partial charge on any atom is 0.325 e.